The van der Waals surface area contributed by atoms with Gasteiger partial charge in [0, 0.05) is 57.6 Å². The summed E-state index contributed by atoms with van der Waals surface area (Å²) in [6, 6.07) is 8.08. The van der Waals surface area contributed by atoms with Crippen LogP contribution in [0.15, 0.2) is 34.6 Å². The average molecular weight is 515 g/mol. The van der Waals surface area contributed by atoms with E-state index in [0.717, 1.165) is 55.6 Å². The summed E-state index contributed by atoms with van der Waals surface area (Å²) < 4.78 is 5.45. The molecule has 0 unspecified atom stereocenters. The van der Waals surface area contributed by atoms with Crippen LogP contribution in [0.1, 0.15) is 24.1 Å². The van der Waals surface area contributed by atoms with Crippen LogP contribution in [0, 0.1) is 0 Å². The number of hydrogen-bond acceptors (Lipinski definition) is 5. The smallest absolute Gasteiger partial charge is 0.193 e. The van der Waals surface area contributed by atoms with Gasteiger partial charge in [0.1, 0.15) is 5.75 Å². The van der Waals surface area contributed by atoms with Gasteiger partial charge in [-0.25, -0.2) is 4.98 Å². The number of nitrogens with one attached hydrogen (secondary N) is 1. The number of methoxy groups -OCH3 is 1. The minimum atomic E-state index is 0. The second-order valence-electron chi connectivity index (χ2n) is 6.71. The molecule has 154 valence electrons. The number of guanidine groups is 1. The van der Waals surface area contributed by atoms with Crippen molar-refractivity contribution in [2.24, 2.45) is 4.99 Å². The molecule has 2 heterocycles. The molecule has 6 nitrogen and oxygen atoms in total. The van der Waals surface area contributed by atoms with E-state index in [0.29, 0.717) is 0 Å². The summed E-state index contributed by atoms with van der Waals surface area (Å²) in [5.41, 5.74) is 2.29. The Morgan fingerprint density at radius 1 is 1.32 bits per heavy atom. The first-order valence-corrected chi connectivity index (χ1v) is 10.3. The molecule has 8 heteroatoms. The Hall–Kier alpha value is -1.55. The molecule has 0 aliphatic carbocycles. The molecular weight excluding hydrogens is 485 g/mol. The summed E-state index contributed by atoms with van der Waals surface area (Å²) in [4.78, 5) is 13.7. The van der Waals surface area contributed by atoms with Crippen LogP contribution in [0.4, 0.5) is 5.13 Å². The molecule has 1 fully saturated rings. The van der Waals surface area contributed by atoms with Crippen molar-refractivity contribution in [2.45, 2.75) is 25.8 Å². The standard InChI is InChI=1S/C20H29N5OS.HI/c1-21-19(24(2)14-16-8-4-5-9-18(16)26-3)22-11-10-17-15-27-20(23-17)25-12-6-7-13-25;/h4-5,8-9,15H,6-7,10-14H2,1-3H3,(H,21,22);1H. The zero-order chi connectivity index (χ0) is 19.1. The van der Waals surface area contributed by atoms with Crippen molar-refractivity contribution < 1.29 is 4.74 Å². The molecular formula is C20H30IN5OS. The Kier molecular flexibility index (Phi) is 9.30. The average Bonchev–Trinajstić information content (AvgIpc) is 3.37. The highest BCUT2D eigenvalue weighted by molar-refractivity contribution is 14.0. The van der Waals surface area contributed by atoms with Crippen molar-refractivity contribution in [3.05, 3.63) is 40.9 Å². The van der Waals surface area contributed by atoms with Crippen LogP contribution < -0.4 is 15.0 Å². The van der Waals surface area contributed by atoms with E-state index in [4.69, 9.17) is 9.72 Å². The van der Waals surface area contributed by atoms with Crippen LogP contribution in [-0.4, -0.2) is 56.7 Å². The first kappa shape index (κ1) is 22.7. The van der Waals surface area contributed by atoms with E-state index in [1.54, 1.807) is 18.4 Å². The van der Waals surface area contributed by atoms with Gasteiger partial charge in [-0.05, 0) is 18.9 Å². The van der Waals surface area contributed by atoms with Gasteiger partial charge < -0.3 is 19.9 Å². The summed E-state index contributed by atoms with van der Waals surface area (Å²) in [6.07, 6.45) is 3.46. The van der Waals surface area contributed by atoms with Crippen LogP contribution in [0.25, 0.3) is 0 Å². The zero-order valence-electron chi connectivity index (χ0n) is 16.9. The second kappa shape index (κ2) is 11.5. The molecule has 0 radical (unpaired) electrons. The second-order valence-corrected chi connectivity index (χ2v) is 7.54. The third-order valence-electron chi connectivity index (χ3n) is 4.75. The maximum Gasteiger partial charge on any atom is 0.193 e. The summed E-state index contributed by atoms with van der Waals surface area (Å²) in [6.45, 7) is 3.84. The van der Waals surface area contributed by atoms with E-state index < -0.39 is 0 Å². The van der Waals surface area contributed by atoms with Crippen LogP contribution in [0.2, 0.25) is 0 Å². The Morgan fingerprint density at radius 3 is 2.79 bits per heavy atom. The molecule has 2 aromatic rings. The molecule has 1 aromatic heterocycles. The van der Waals surface area contributed by atoms with Gasteiger partial charge in [0.15, 0.2) is 11.1 Å². The Balaban J connectivity index is 0.00000280. The molecule has 0 spiro atoms. The number of ether oxygens (including phenoxy) is 1. The number of para-hydroxylation sites is 1. The molecule has 28 heavy (non-hydrogen) atoms. The van der Waals surface area contributed by atoms with E-state index >= 15 is 0 Å². The number of hydrogen-bond donors (Lipinski definition) is 1. The van der Waals surface area contributed by atoms with E-state index in [-0.39, 0.29) is 24.0 Å². The number of aromatic nitrogens is 1. The molecule has 0 amide bonds. The van der Waals surface area contributed by atoms with E-state index in [1.165, 1.54) is 18.0 Å². The number of thiazole rings is 1. The van der Waals surface area contributed by atoms with Gasteiger partial charge >= 0.3 is 0 Å². The highest BCUT2D eigenvalue weighted by atomic mass is 127. The Morgan fingerprint density at radius 2 is 2.07 bits per heavy atom. The van der Waals surface area contributed by atoms with Crippen LogP contribution in [0.3, 0.4) is 0 Å². The zero-order valence-corrected chi connectivity index (χ0v) is 20.0. The predicted molar refractivity (Wildman–Crippen MR) is 129 cm³/mol. The van der Waals surface area contributed by atoms with Crippen molar-refractivity contribution in [3.63, 3.8) is 0 Å². The molecule has 0 bridgehead atoms. The molecule has 1 saturated heterocycles. The highest BCUT2D eigenvalue weighted by Gasteiger charge is 2.15. The van der Waals surface area contributed by atoms with Crippen molar-refractivity contribution in [2.75, 3.05) is 45.7 Å². The minimum absolute atomic E-state index is 0. The van der Waals surface area contributed by atoms with Gasteiger partial charge in [-0.1, -0.05) is 18.2 Å². The maximum atomic E-state index is 5.45. The fourth-order valence-corrected chi connectivity index (χ4v) is 4.23. The van der Waals surface area contributed by atoms with Gasteiger partial charge in [-0.2, -0.15) is 0 Å². The summed E-state index contributed by atoms with van der Waals surface area (Å²) in [7, 11) is 5.56. The molecule has 1 aliphatic heterocycles. The van der Waals surface area contributed by atoms with Crippen LogP contribution in [-0.2, 0) is 13.0 Å². The number of benzene rings is 1. The lowest BCUT2D eigenvalue weighted by molar-refractivity contribution is 0.396. The number of aliphatic imine (C=N–C) groups is 1. The third-order valence-corrected chi connectivity index (χ3v) is 5.70. The predicted octanol–water partition coefficient (Wildman–Crippen LogP) is 3.62. The quantitative estimate of drug-likeness (QED) is 0.347. The summed E-state index contributed by atoms with van der Waals surface area (Å²) in [5.74, 6) is 1.77. The van der Waals surface area contributed by atoms with E-state index in [9.17, 15) is 0 Å². The fraction of sp³-hybridized carbons (Fsp3) is 0.500. The molecule has 0 saturated carbocycles. The van der Waals surface area contributed by atoms with E-state index in [2.05, 4.69) is 31.6 Å². The van der Waals surface area contributed by atoms with Gasteiger partial charge in [0.2, 0.25) is 0 Å². The molecule has 1 N–H and O–H groups in total. The first-order valence-electron chi connectivity index (χ1n) is 9.44. The third kappa shape index (κ3) is 5.97. The van der Waals surface area contributed by atoms with Gasteiger partial charge in [-0.3, -0.25) is 4.99 Å². The van der Waals surface area contributed by atoms with Crippen molar-refractivity contribution in [3.8, 4) is 5.75 Å². The first-order chi connectivity index (χ1) is 13.2. The number of anilines is 1. The van der Waals surface area contributed by atoms with Crippen molar-refractivity contribution in [1.82, 2.24) is 15.2 Å². The number of nitrogens with zero attached hydrogens (tertiary/aromatic N) is 4. The Bertz CT molecular complexity index is 761. The van der Waals surface area contributed by atoms with Gasteiger partial charge in [0.25, 0.3) is 0 Å². The topological polar surface area (TPSA) is 53.0 Å². The summed E-state index contributed by atoms with van der Waals surface area (Å²) in [5, 5.41) is 6.78. The van der Waals surface area contributed by atoms with Gasteiger partial charge in [-0.15, -0.1) is 35.3 Å². The molecule has 1 aromatic carbocycles. The van der Waals surface area contributed by atoms with Crippen molar-refractivity contribution in [1.29, 1.82) is 0 Å². The lowest BCUT2D eigenvalue weighted by atomic mass is 10.2. The van der Waals surface area contributed by atoms with Crippen LogP contribution in [0.5, 0.6) is 5.75 Å². The van der Waals surface area contributed by atoms with Crippen molar-refractivity contribution >= 4 is 46.4 Å². The lowest BCUT2D eigenvalue weighted by Crippen LogP contribution is -2.39. The SMILES string of the molecule is CN=C(NCCc1csc(N2CCCC2)n1)N(C)Cc1ccccc1OC.I. The Labute approximate surface area is 189 Å². The van der Waals surface area contributed by atoms with Gasteiger partial charge in [0.05, 0.1) is 12.8 Å². The highest BCUT2D eigenvalue weighted by Crippen LogP contribution is 2.24. The monoisotopic (exact) mass is 515 g/mol. The molecule has 1 aliphatic rings. The molecule has 0 atom stereocenters. The molecule has 3 rings (SSSR count). The van der Waals surface area contributed by atoms with E-state index in [1.807, 2.05) is 32.3 Å². The number of halogens is 1. The number of rotatable bonds is 7. The maximum absolute atomic E-state index is 5.45. The largest absolute Gasteiger partial charge is 0.496 e. The summed E-state index contributed by atoms with van der Waals surface area (Å²) >= 11 is 1.76. The lowest BCUT2D eigenvalue weighted by Gasteiger charge is -2.23. The normalized spacial score (nSPS) is 14.0. The van der Waals surface area contributed by atoms with Crippen LogP contribution >= 0.6 is 35.3 Å². The minimum Gasteiger partial charge on any atom is -0.496 e. The fourth-order valence-electron chi connectivity index (χ4n) is 3.32.